The number of nitrogens with zero attached hydrogens (tertiary/aromatic N) is 1. The summed E-state index contributed by atoms with van der Waals surface area (Å²) in [6, 6.07) is 12.8. The first-order valence-electron chi connectivity index (χ1n) is 9.25. The van der Waals surface area contributed by atoms with Gasteiger partial charge >= 0.3 is 0 Å². The summed E-state index contributed by atoms with van der Waals surface area (Å²) in [5, 5.41) is 7.24. The highest BCUT2D eigenvalue weighted by atomic mass is 79.9. The lowest BCUT2D eigenvalue weighted by molar-refractivity contribution is -0.689. The van der Waals surface area contributed by atoms with Crippen molar-refractivity contribution < 1.29 is 35.8 Å². The van der Waals surface area contributed by atoms with Gasteiger partial charge in [-0.15, -0.1) is 0 Å². The summed E-state index contributed by atoms with van der Waals surface area (Å²) < 4.78 is 19.0. The molecule has 3 aromatic carbocycles. The van der Waals surface area contributed by atoms with Gasteiger partial charge in [0.05, 0.1) is 26.7 Å². The molecule has 0 amide bonds. The largest absolute Gasteiger partial charge is 1.00 e. The summed E-state index contributed by atoms with van der Waals surface area (Å²) in [6.45, 7) is 1.09. The Kier molecular flexibility index (Phi) is 4.79. The maximum Gasteiger partial charge on any atom is 0.182 e. The number of pyridine rings is 1. The number of fused-ring (bicyclic) bond motifs is 7. The van der Waals surface area contributed by atoms with Gasteiger partial charge in [-0.2, -0.15) is 0 Å². The van der Waals surface area contributed by atoms with Crippen molar-refractivity contribution >= 4 is 32.3 Å². The Morgan fingerprint density at radius 2 is 1.36 bits per heavy atom. The van der Waals surface area contributed by atoms with Crippen LogP contribution >= 0.6 is 0 Å². The molecule has 4 aromatic rings. The Bertz CT molecular complexity index is 1220. The fourth-order valence-corrected chi connectivity index (χ4v) is 4.36. The maximum atomic E-state index is 5.59. The predicted octanol–water partition coefficient (Wildman–Crippen LogP) is 1.41. The molecule has 144 valence electrons. The number of rotatable bonds is 3. The fourth-order valence-electron chi connectivity index (χ4n) is 4.36. The molecule has 0 spiro atoms. The van der Waals surface area contributed by atoms with Crippen molar-refractivity contribution in [1.82, 2.24) is 0 Å². The number of ether oxygens (including phenoxy) is 3. The van der Waals surface area contributed by atoms with Gasteiger partial charge in [0.25, 0.3) is 0 Å². The molecule has 5 rings (SSSR count). The number of benzene rings is 3. The maximum absolute atomic E-state index is 5.59. The van der Waals surface area contributed by atoms with Crippen molar-refractivity contribution in [3.8, 4) is 17.2 Å². The number of halogens is 1. The summed E-state index contributed by atoms with van der Waals surface area (Å²) in [4.78, 5) is 0. The van der Waals surface area contributed by atoms with E-state index in [1.54, 1.807) is 21.3 Å². The van der Waals surface area contributed by atoms with E-state index >= 15 is 0 Å². The average Bonchev–Trinajstić information content (AvgIpc) is 3.18. The molecule has 0 fully saturated rings. The monoisotopic (exact) mass is 439 g/mol. The standard InChI is InChI=1S/C23H22NO3.BrH/c1-25-15-6-7-16-18(10-15)20-12-23(27-3)22(26-2)11-19(20)17-9-14-5-4-8-24(14)13-21(16)17;/h6-7,9-13H,4-5,8H2,1-3H3;1H/q+1;/p-1. The van der Waals surface area contributed by atoms with Gasteiger partial charge < -0.3 is 31.2 Å². The van der Waals surface area contributed by atoms with Gasteiger partial charge in [0.1, 0.15) is 12.3 Å². The number of methoxy groups -OCH3 is 3. The molecular formula is C23H22BrNO3. The van der Waals surface area contributed by atoms with Gasteiger partial charge in [-0.05, 0) is 51.9 Å². The highest BCUT2D eigenvalue weighted by Crippen LogP contribution is 2.41. The van der Waals surface area contributed by atoms with Crippen molar-refractivity contribution in [1.29, 1.82) is 0 Å². The first-order valence-corrected chi connectivity index (χ1v) is 9.25. The normalized spacial score (nSPS) is 12.8. The zero-order chi connectivity index (χ0) is 18.5. The smallest absolute Gasteiger partial charge is 0.182 e. The molecule has 28 heavy (non-hydrogen) atoms. The number of hydrogen-bond donors (Lipinski definition) is 0. The van der Waals surface area contributed by atoms with Crippen LogP contribution in [0.1, 0.15) is 12.1 Å². The number of aromatic nitrogens is 1. The molecule has 0 atom stereocenters. The molecule has 0 unspecified atom stereocenters. The van der Waals surface area contributed by atoms with E-state index in [1.165, 1.54) is 33.7 Å². The lowest BCUT2D eigenvalue weighted by Gasteiger charge is -2.14. The van der Waals surface area contributed by atoms with E-state index < -0.39 is 0 Å². The summed E-state index contributed by atoms with van der Waals surface area (Å²) in [6.07, 6.45) is 4.64. The van der Waals surface area contributed by atoms with E-state index in [0.717, 1.165) is 41.0 Å². The molecule has 5 heteroatoms. The zero-order valence-corrected chi connectivity index (χ0v) is 17.8. The average molecular weight is 440 g/mol. The van der Waals surface area contributed by atoms with E-state index in [-0.39, 0.29) is 17.0 Å². The zero-order valence-electron chi connectivity index (χ0n) is 16.2. The summed E-state index contributed by atoms with van der Waals surface area (Å²) >= 11 is 0. The van der Waals surface area contributed by atoms with E-state index in [0.29, 0.717) is 0 Å². The van der Waals surface area contributed by atoms with Crippen LogP contribution in [0.2, 0.25) is 0 Å². The molecule has 1 aliphatic heterocycles. The van der Waals surface area contributed by atoms with Crippen molar-refractivity contribution in [2.45, 2.75) is 19.4 Å². The van der Waals surface area contributed by atoms with Gasteiger partial charge in [0.15, 0.2) is 23.4 Å². The third-order valence-corrected chi connectivity index (χ3v) is 5.71. The molecule has 4 nitrogen and oxygen atoms in total. The topological polar surface area (TPSA) is 31.6 Å². The van der Waals surface area contributed by atoms with Crippen LogP contribution in [0.25, 0.3) is 32.3 Å². The third kappa shape index (κ3) is 2.68. The Hall–Kier alpha value is -2.53. The molecule has 2 heterocycles. The van der Waals surface area contributed by atoms with Crippen LogP contribution in [0.15, 0.2) is 42.6 Å². The lowest BCUT2D eigenvalue weighted by atomic mass is 9.94. The Labute approximate surface area is 174 Å². The lowest BCUT2D eigenvalue weighted by Crippen LogP contribution is -3.00. The molecule has 1 aliphatic rings. The van der Waals surface area contributed by atoms with Crippen LogP contribution < -0.4 is 35.8 Å². The second-order valence-electron chi connectivity index (χ2n) is 7.05. The molecule has 0 N–H and O–H groups in total. The SMILES string of the molecule is COc1ccc2c(c1)c1cc(OC)c(OC)cc1c1cc3[n+](cc21)CCC3.[Br-]. The molecule has 0 bridgehead atoms. The van der Waals surface area contributed by atoms with Gasteiger partial charge in [-0.3, -0.25) is 0 Å². The molecular weight excluding hydrogens is 418 g/mol. The highest BCUT2D eigenvalue weighted by Gasteiger charge is 2.22. The number of aryl methyl sites for hydroxylation is 2. The molecule has 0 aliphatic carbocycles. The Balaban J connectivity index is 0.00000192. The predicted molar refractivity (Wildman–Crippen MR) is 107 cm³/mol. The van der Waals surface area contributed by atoms with E-state index in [4.69, 9.17) is 14.2 Å². The third-order valence-electron chi connectivity index (χ3n) is 5.71. The number of hydrogen-bond acceptors (Lipinski definition) is 3. The summed E-state index contributed by atoms with van der Waals surface area (Å²) in [7, 11) is 5.07. The van der Waals surface area contributed by atoms with Crippen LogP contribution in [-0.4, -0.2) is 21.3 Å². The molecule has 0 saturated heterocycles. The van der Waals surface area contributed by atoms with E-state index in [9.17, 15) is 0 Å². The second-order valence-corrected chi connectivity index (χ2v) is 7.05. The molecule has 0 radical (unpaired) electrons. The van der Waals surface area contributed by atoms with E-state index in [1.807, 2.05) is 6.07 Å². The highest BCUT2D eigenvalue weighted by molar-refractivity contribution is 6.25. The van der Waals surface area contributed by atoms with Gasteiger partial charge in [0.2, 0.25) is 0 Å². The minimum atomic E-state index is 0. The van der Waals surface area contributed by atoms with Crippen molar-refractivity contribution in [2.24, 2.45) is 0 Å². The van der Waals surface area contributed by atoms with Crippen LogP contribution in [0, 0.1) is 0 Å². The summed E-state index contributed by atoms with van der Waals surface area (Å²) in [5.74, 6) is 2.34. The van der Waals surface area contributed by atoms with Crippen LogP contribution in [0.5, 0.6) is 17.2 Å². The fraction of sp³-hybridized carbons (Fsp3) is 0.261. The molecule has 0 saturated carbocycles. The van der Waals surface area contributed by atoms with Crippen LogP contribution in [0.4, 0.5) is 0 Å². The minimum absolute atomic E-state index is 0. The first kappa shape index (κ1) is 18.8. The van der Waals surface area contributed by atoms with Crippen molar-refractivity contribution in [2.75, 3.05) is 21.3 Å². The first-order chi connectivity index (χ1) is 13.2. The minimum Gasteiger partial charge on any atom is -1.00 e. The molecule has 1 aromatic heterocycles. The van der Waals surface area contributed by atoms with Gasteiger partial charge in [-0.25, -0.2) is 4.57 Å². The quantitative estimate of drug-likeness (QED) is 0.357. The Morgan fingerprint density at radius 1 is 0.714 bits per heavy atom. The second kappa shape index (κ2) is 7.13. The Morgan fingerprint density at radius 3 is 2.00 bits per heavy atom. The van der Waals surface area contributed by atoms with Gasteiger partial charge in [-0.1, -0.05) is 0 Å². The van der Waals surface area contributed by atoms with E-state index in [2.05, 4.69) is 41.1 Å². The van der Waals surface area contributed by atoms with Crippen LogP contribution in [-0.2, 0) is 13.0 Å². The van der Waals surface area contributed by atoms with Crippen molar-refractivity contribution in [3.63, 3.8) is 0 Å². The van der Waals surface area contributed by atoms with Crippen molar-refractivity contribution in [3.05, 3.63) is 48.3 Å². The van der Waals surface area contributed by atoms with Crippen LogP contribution in [0.3, 0.4) is 0 Å². The van der Waals surface area contributed by atoms with Gasteiger partial charge in [0, 0.05) is 24.3 Å². The summed E-state index contributed by atoms with van der Waals surface area (Å²) in [5.41, 5.74) is 1.39.